The fourth-order valence-corrected chi connectivity index (χ4v) is 4.80. The van der Waals surface area contributed by atoms with E-state index in [1.807, 2.05) is 26.0 Å². The van der Waals surface area contributed by atoms with Gasteiger partial charge in [-0.1, -0.05) is 37.3 Å². The molecule has 0 spiro atoms. The van der Waals surface area contributed by atoms with Crippen molar-refractivity contribution in [1.82, 2.24) is 10.2 Å². The number of amides is 4. The number of anilines is 1. The number of carbonyl (C=O) groups excluding carboxylic acids is 3. The highest BCUT2D eigenvalue weighted by Crippen LogP contribution is 2.35. The van der Waals surface area contributed by atoms with Crippen LogP contribution in [0.3, 0.4) is 0 Å². The minimum Gasteiger partial charge on any atom is -0.490 e. The first-order valence-electron chi connectivity index (χ1n) is 12.3. The van der Waals surface area contributed by atoms with Crippen LogP contribution < -0.4 is 20.1 Å². The standard InChI is InChI=1S/C29H27FIN3O5/c1-3-20-9-5-6-11-23(20)32-26(35)16-34-28(36)24(33-29(34)37)14-19-13-22(31)27(25(15-19)38-4-2)39-17-18-8-7-10-21(30)12-18/h5-15H,3-4,16-17H2,1-2H3,(H,32,35)(H,33,37)/b24-14+. The van der Waals surface area contributed by atoms with Crippen molar-refractivity contribution >= 4 is 52.2 Å². The Kier molecular flexibility index (Phi) is 9.18. The molecule has 10 heteroatoms. The Bertz CT molecular complexity index is 1440. The summed E-state index contributed by atoms with van der Waals surface area (Å²) in [6, 6.07) is 16.3. The van der Waals surface area contributed by atoms with E-state index >= 15 is 0 Å². The Balaban J connectivity index is 1.49. The number of rotatable bonds is 10. The van der Waals surface area contributed by atoms with Crippen LogP contribution in [-0.4, -0.2) is 35.9 Å². The quantitative estimate of drug-likeness (QED) is 0.173. The topological polar surface area (TPSA) is 97.0 Å². The van der Waals surface area contributed by atoms with Crippen LogP contribution in [0.25, 0.3) is 6.08 Å². The zero-order chi connectivity index (χ0) is 27.9. The zero-order valence-electron chi connectivity index (χ0n) is 21.4. The molecule has 2 N–H and O–H groups in total. The Morgan fingerprint density at radius 3 is 2.62 bits per heavy atom. The molecule has 1 fully saturated rings. The largest absolute Gasteiger partial charge is 0.490 e. The summed E-state index contributed by atoms with van der Waals surface area (Å²) in [6.07, 6.45) is 2.25. The van der Waals surface area contributed by atoms with Crippen LogP contribution in [0.4, 0.5) is 14.9 Å². The van der Waals surface area contributed by atoms with Crippen molar-refractivity contribution < 1.29 is 28.2 Å². The van der Waals surface area contributed by atoms with Crippen molar-refractivity contribution in [2.24, 2.45) is 0 Å². The van der Waals surface area contributed by atoms with E-state index in [4.69, 9.17) is 9.47 Å². The molecule has 0 saturated carbocycles. The van der Waals surface area contributed by atoms with Crippen molar-refractivity contribution in [1.29, 1.82) is 0 Å². The second kappa shape index (κ2) is 12.7. The normalized spacial score (nSPS) is 13.9. The number of hydrogen-bond donors (Lipinski definition) is 2. The molecule has 1 heterocycles. The Labute approximate surface area is 239 Å². The molecule has 0 bridgehead atoms. The Morgan fingerprint density at radius 2 is 1.87 bits per heavy atom. The lowest BCUT2D eigenvalue weighted by Crippen LogP contribution is -2.38. The molecule has 0 radical (unpaired) electrons. The van der Waals surface area contributed by atoms with Gasteiger partial charge in [0, 0.05) is 5.69 Å². The van der Waals surface area contributed by atoms with Crippen molar-refractivity contribution in [3.8, 4) is 11.5 Å². The summed E-state index contributed by atoms with van der Waals surface area (Å²) >= 11 is 2.09. The van der Waals surface area contributed by atoms with Crippen molar-refractivity contribution in [3.05, 3.63) is 92.4 Å². The summed E-state index contributed by atoms with van der Waals surface area (Å²) < 4.78 is 25.9. The molecule has 4 rings (SSSR count). The lowest BCUT2D eigenvalue weighted by atomic mass is 10.1. The highest BCUT2D eigenvalue weighted by molar-refractivity contribution is 14.1. The van der Waals surface area contributed by atoms with Gasteiger partial charge in [-0.25, -0.2) is 14.1 Å². The summed E-state index contributed by atoms with van der Waals surface area (Å²) in [5.74, 6) is -0.517. The maximum atomic E-state index is 13.5. The number of imide groups is 1. The summed E-state index contributed by atoms with van der Waals surface area (Å²) in [5.41, 5.74) is 2.89. The van der Waals surface area contributed by atoms with Gasteiger partial charge in [-0.15, -0.1) is 0 Å². The summed E-state index contributed by atoms with van der Waals surface area (Å²) in [6.45, 7) is 3.89. The van der Waals surface area contributed by atoms with Crippen LogP contribution in [0.5, 0.6) is 11.5 Å². The second-order valence-corrected chi connectivity index (χ2v) is 9.78. The van der Waals surface area contributed by atoms with Gasteiger partial charge in [0.15, 0.2) is 11.5 Å². The Hall–Kier alpha value is -3.93. The minimum atomic E-state index is -0.681. The number of nitrogens with one attached hydrogen (secondary N) is 2. The number of aryl methyl sites for hydroxylation is 1. The lowest BCUT2D eigenvalue weighted by Gasteiger charge is -2.15. The van der Waals surface area contributed by atoms with Crippen LogP contribution in [0.1, 0.15) is 30.5 Å². The molecule has 1 saturated heterocycles. The molecule has 0 aromatic heterocycles. The number of carbonyl (C=O) groups is 3. The van der Waals surface area contributed by atoms with Gasteiger partial charge in [0.25, 0.3) is 5.91 Å². The van der Waals surface area contributed by atoms with Gasteiger partial charge in [0.2, 0.25) is 5.91 Å². The second-order valence-electron chi connectivity index (χ2n) is 8.62. The van der Waals surface area contributed by atoms with Gasteiger partial charge in [0.05, 0.1) is 10.2 Å². The lowest BCUT2D eigenvalue weighted by molar-refractivity contribution is -0.127. The van der Waals surface area contributed by atoms with E-state index < -0.39 is 24.4 Å². The highest BCUT2D eigenvalue weighted by atomic mass is 127. The van der Waals surface area contributed by atoms with Crippen LogP contribution in [-0.2, 0) is 22.6 Å². The van der Waals surface area contributed by atoms with E-state index in [1.165, 1.54) is 18.2 Å². The van der Waals surface area contributed by atoms with Gasteiger partial charge in [-0.2, -0.15) is 0 Å². The number of nitrogens with zero attached hydrogens (tertiary/aromatic N) is 1. The molecule has 3 aromatic rings. The predicted molar refractivity (Wildman–Crippen MR) is 154 cm³/mol. The van der Waals surface area contributed by atoms with Crippen molar-refractivity contribution in [2.45, 2.75) is 26.9 Å². The first kappa shape index (κ1) is 28.1. The van der Waals surface area contributed by atoms with Gasteiger partial charge in [-0.05, 0) is 89.0 Å². The van der Waals surface area contributed by atoms with Gasteiger partial charge >= 0.3 is 6.03 Å². The van der Waals surface area contributed by atoms with Gasteiger partial charge in [-0.3, -0.25) is 9.59 Å². The highest BCUT2D eigenvalue weighted by Gasteiger charge is 2.35. The molecular formula is C29H27FIN3O5. The van der Waals surface area contributed by atoms with Crippen LogP contribution >= 0.6 is 22.6 Å². The predicted octanol–water partition coefficient (Wildman–Crippen LogP) is 5.50. The molecule has 8 nitrogen and oxygen atoms in total. The van der Waals surface area contributed by atoms with E-state index in [0.717, 1.165) is 16.9 Å². The van der Waals surface area contributed by atoms with Gasteiger partial charge in [0.1, 0.15) is 24.7 Å². The molecule has 0 atom stereocenters. The number of halogens is 2. The molecule has 3 aromatic carbocycles. The maximum absolute atomic E-state index is 13.5. The minimum absolute atomic E-state index is 0.0356. The number of hydrogen-bond acceptors (Lipinski definition) is 5. The average molecular weight is 643 g/mol. The number of benzene rings is 3. The third-order valence-corrected chi connectivity index (χ3v) is 6.65. The molecule has 202 valence electrons. The summed E-state index contributed by atoms with van der Waals surface area (Å²) in [5, 5.41) is 5.31. The molecule has 1 aliphatic heterocycles. The molecular weight excluding hydrogens is 616 g/mol. The van der Waals surface area contributed by atoms with E-state index in [9.17, 15) is 18.8 Å². The van der Waals surface area contributed by atoms with Crippen LogP contribution in [0.15, 0.2) is 66.4 Å². The van der Waals surface area contributed by atoms with Crippen molar-refractivity contribution in [2.75, 3.05) is 18.5 Å². The number of urea groups is 1. The summed E-state index contributed by atoms with van der Waals surface area (Å²) in [7, 11) is 0. The van der Waals surface area contributed by atoms with Gasteiger partial charge < -0.3 is 20.1 Å². The molecule has 1 aliphatic rings. The number of para-hydroxylation sites is 1. The van der Waals surface area contributed by atoms with E-state index in [-0.39, 0.29) is 18.1 Å². The maximum Gasteiger partial charge on any atom is 0.329 e. The van der Waals surface area contributed by atoms with E-state index in [0.29, 0.717) is 38.5 Å². The molecule has 0 unspecified atom stereocenters. The number of ether oxygens (including phenoxy) is 2. The third-order valence-electron chi connectivity index (χ3n) is 5.85. The Morgan fingerprint density at radius 1 is 1.08 bits per heavy atom. The van der Waals surface area contributed by atoms with E-state index in [2.05, 4.69) is 33.2 Å². The monoisotopic (exact) mass is 643 g/mol. The van der Waals surface area contributed by atoms with Crippen LogP contribution in [0, 0.1) is 9.39 Å². The van der Waals surface area contributed by atoms with Crippen LogP contribution in [0.2, 0.25) is 0 Å². The van der Waals surface area contributed by atoms with E-state index in [1.54, 1.807) is 36.4 Å². The zero-order valence-corrected chi connectivity index (χ0v) is 23.6. The average Bonchev–Trinajstić information content (AvgIpc) is 3.16. The SMILES string of the molecule is CCOc1cc(/C=C2/NC(=O)N(CC(=O)Nc3ccccc3CC)C2=O)cc(I)c1OCc1cccc(F)c1. The van der Waals surface area contributed by atoms with Crippen molar-refractivity contribution in [3.63, 3.8) is 0 Å². The fourth-order valence-electron chi connectivity index (χ4n) is 4.02. The fraction of sp³-hybridized carbons (Fsp3) is 0.207. The molecule has 39 heavy (non-hydrogen) atoms. The molecule has 4 amide bonds. The smallest absolute Gasteiger partial charge is 0.329 e. The molecule has 0 aliphatic carbocycles. The first-order chi connectivity index (χ1) is 18.8. The third kappa shape index (κ3) is 6.94. The first-order valence-corrected chi connectivity index (χ1v) is 13.4. The summed E-state index contributed by atoms with van der Waals surface area (Å²) in [4.78, 5) is 39.0.